The Labute approximate surface area is 135 Å². The summed E-state index contributed by atoms with van der Waals surface area (Å²) >= 11 is 6.77. The molecule has 2 aromatic rings. The zero-order valence-electron chi connectivity index (χ0n) is 11.2. The molecule has 5 heteroatoms. The van der Waals surface area contributed by atoms with Crippen LogP contribution in [0.5, 0.6) is 0 Å². The Morgan fingerprint density at radius 3 is 2.40 bits per heavy atom. The van der Waals surface area contributed by atoms with Crippen molar-refractivity contribution in [2.24, 2.45) is 0 Å². The molecule has 20 heavy (non-hydrogen) atoms. The molecular weight excluding hydrogens is 384 g/mol. The van der Waals surface area contributed by atoms with Gasteiger partial charge in [0.2, 0.25) is 0 Å². The highest BCUT2D eigenvalue weighted by molar-refractivity contribution is 9.10. The highest BCUT2D eigenvalue weighted by Gasteiger charge is 2.16. The molecule has 0 radical (unpaired) electrons. The molecule has 2 aromatic carbocycles. The SMILES string of the molecule is Cc1cc(Br)cc(C(=O)N(C)c2ccc(Br)cc2N)c1. The van der Waals surface area contributed by atoms with Crippen LogP contribution < -0.4 is 10.6 Å². The first-order valence-corrected chi connectivity index (χ1v) is 7.57. The summed E-state index contributed by atoms with van der Waals surface area (Å²) < 4.78 is 1.77. The molecule has 0 aromatic heterocycles. The number of carbonyl (C=O) groups excluding carboxylic acids is 1. The molecule has 0 saturated carbocycles. The molecule has 104 valence electrons. The Balaban J connectivity index is 2.37. The summed E-state index contributed by atoms with van der Waals surface area (Å²) in [6.45, 7) is 1.95. The van der Waals surface area contributed by atoms with Crippen LogP contribution in [0, 0.1) is 6.92 Å². The maximum atomic E-state index is 12.5. The fourth-order valence-electron chi connectivity index (χ4n) is 1.99. The summed E-state index contributed by atoms with van der Waals surface area (Å²) in [5.41, 5.74) is 8.87. The largest absolute Gasteiger partial charge is 0.397 e. The number of nitrogens with zero attached hydrogens (tertiary/aromatic N) is 1. The van der Waals surface area contributed by atoms with Crippen LogP contribution in [-0.2, 0) is 0 Å². The van der Waals surface area contributed by atoms with Crippen molar-refractivity contribution in [2.75, 3.05) is 17.7 Å². The number of carbonyl (C=O) groups is 1. The highest BCUT2D eigenvalue weighted by Crippen LogP contribution is 2.27. The molecule has 0 atom stereocenters. The zero-order chi connectivity index (χ0) is 14.9. The summed E-state index contributed by atoms with van der Waals surface area (Å²) in [5.74, 6) is -0.0941. The highest BCUT2D eigenvalue weighted by atomic mass is 79.9. The van der Waals surface area contributed by atoms with Gasteiger partial charge in [-0.3, -0.25) is 4.79 Å². The van der Waals surface area contributed by atoms with Gasteiger partial charge in [-0.2, -0.15) is 0 Å². The van der Waals surface area contributed by atoms with Gasteiger partial charge in [-0.15, -0.1) is 0 Å². The number of rotatable bonds is 2. The van der Waals surface area contributed by atoms with Crippen molar-refractivity contribution in [2.45, 2.75) is 6.92 Å². The fraction of sp³-hybridized carbons (Fsp3) is 0.133. The molecule has 0 aliphatic heterocycles. The average Bonchev–Trinajstić information content (AvgIpc) is 2.36. The predicted molar refractivity (Wildman–Crippen MR) is 90.2 cm³/mol. The van der Waals surface area contributed by atoms with Gasteiger partial charge in [0.1, 0.15) is 0 Å². The zero-order valence-corrected chi connectivity index (χ0v) is 14.3. The van der Waals surface area contributed by atoms with Crippen molar-refractivity contribution in [1.29, 1.82) is 0 Å². The second-order valence-corrected chi connectivity index (χ2v) is 6.42. The summed E-state index contributed by atoms with van der Waals surface area (Å²) in [4.78, 5) is 14.1. The number of hydrogen-bond donors (Lipinski definition) is 1. The molecule has 0 saturated heterocycles. The van der Waals surface area contributed by atoms with E-state index in [1.807, 2.05) is 31.2 Å². The van der Waals surface area contributed by atoms with E-state index in [-0.39, 0.29) is 5.91 Å². The van der Waals surface area contributed by atoms with Gasteiger partial charge in [-0.05, 0) is 48.9 Å². The number of nitrogen functional groups attached to an aromatic ring is 1. The number of halogens is 2. The molecule has 0 fully saturated rings. The van der Waals surface area contributed by atoms with Gasteiger partial charge in [0.25, 0.3) is 5.91 Å². The lowest BCUT2D eigenvalue weighted by molar-refractivity contribution is 0.0993. The summed E-state index contributed by atoms with van der Waals surface area (Å²) in [5, 5.41) is 0. The maximum absolute atomic E-state index is 12.5. The Hall–Kier alpha value is -1.33. The van der Waals surface area contributed by atoms with Crippen molar-refractivity contribution in [1.82, 2.24) is 0 Å². The second kappa shape index (κ2) is 5.97. The number of amides is 1. The van der Waals surface area contributed by atoms with E-state index in [2.05, 4.69) is 31.9 Å². The lowest BCUT2D eigenvalue weighted by Gasteiger charge is -2.20. The van der Waals surface area contributed by atoms with E-state index in [1.54, 1.807) is 24.1 Å². The Kier molecular flexibility index (Phi) is 4.50. The van der Waals surface area contributed by atoms with Crippen LogP contribution in [0.25, 0.3) is 0 Å². The van der Waals surface area contributed by atoms with Gasteiger partial charge < -0.3 is 10.6 Å². The van der Waals surface area contributed by atoms with E-state index in [9.17, 15) is 4.79 Å². The van der Waals surface area contributed by atoms with E-state index in [1.165, 1.54) is 0 Å². The lowest BCUT2D eigenvalue weighted by Crippen LogP contribution is -2.27. The minimum absolute atomic E-state index is 0.0941. The molecule has 2 rings (SSSR count). The van der Waals surface area contributed by atoms with Crippen molar-refractivity contribution in [3.8, 4) is 0 Å². The van der Waals surface area contributed by atoms with Crippen LogP contribution in [0.2, 0.25) is 0 Å². The maximum Gasteiger partial charge on any atom is 0.258 e. The van der Waals surface area contributed by atoms with Gasteiger partial charge in [-0.25, -0.2) is 0 Å². The molecule has 0 bridgehead atoms. The van der Waals surface area contributed by atoms with Gasteiger partial charge in [0.05, 0.1) is 11.4 Å². The van der Waals surface area contributed by atoms with Crippen molar-refractivity contribution in [3.63, 3.8) is 0 Å². The molecule has 0 aliphatic rings. The summed E-state index contributed by atoms with van der Waals surface area (Å²) in [7, 11) is 1.72. The molecule has 0 spiro atoms. The Morgan fingerprint density at radius 2 is 1.80 bits per heavy atom. The van der Waals surface area contributed by atoms with Gasteiger partial charge in [0, 0.05) is 21.6 Å². The van der Waals surface area contributed by atoms with E-state index in [4.69, 9.17) is 5.73 Å². The van der Waals surface area contributed by atoms with E-state index >= 15 is 0 Å². The van der Waals surface area contributed by atoms with Crippen LogP contribution in [0.4, 0.5) is 11.4 Å². The molecule has 3 nitrogen and oxygen atoms in total. The van der Waals surface area contributed by atoms with E-state index in [0.717, 1.165) is 14.5 Å². The van der Waals surface area contributed by atoms with Crippen LogP contribution >= 0.6 is 31.9 Å². The first-order valence-electron chi connectivity index (χ1n) is 5.99. The summed E-state index contributed by atoms with van der Waals surface area (Å²) in [6.07, 6.45) is 0. The Morgan fingerprint density at radius 1 is 1.10 bits per heavy atom. The standard InChI is InChI=1S/C15H14Br2N2O/c1-9-5-10(7-12(17)6-9)15(20)19(2)14-4-3-11(16)8-13(14)18/h3-8H,18H2,1-2H3. The lowest BCUT2D eigenvalue weighted by atomic mass is 10.1. The van der Waals surface area contributed by atoms with Crippen LogP contribution in [-0.4, -0.2) is 13.0 Å². The number of aryl methyl sites for hydroxylation is 1. The van der Waals surface area contributed by atoms with Crippen molar-refractivity contribution < 1.29 is 4.79 Å². The normalized spacial score (nSPS) is 10.4. The Bertz CT molecular complexity index is 651. The summed E-state index contributed by atoms with van der Waals surface area (Å²) in [6, 6.07) is 11.1. The first kappa shape index (κ1) is 15.1. The molecule has 0 heterocycles. The molecular formula is C15H14Br2N2O. The van der Waals surface area contributed by atoms with Crippen molar-refractivity contribution >= 4 is 49.1 Å². The third kappa shape index (κ3) is 3.22. The van der Waals surface area contributed by atoms with Gasteiger partial charge in [0.15, 0.2) is 0 Å². The van der Waals surface area contributed by atoms with Crippen LogP contribution in [0.15, 0.2) is 45.3 Å². The van der Waals surface area contributed by atoms with Crippen LogP contribution in [0.1, 0.15) is 15.9 Å². The topological polar surface area (TPSA) is 46.3 Å². The monoisotopic (exact) mass is 396 g/mol. The van der Waals surface area contributed by atoms with Crippen LogP contribution in [0.3, 0.4) is 0 Å². The third-order valence-corrected chi connectivity index (χ3v) is 3.90. The number of anilines is 2. The molecule has 0 unspecified atom stereocenters. The minimum Gasteiger partial charge on any atom is -0.397 e. The third-order valence-electron chi connectivity index (χ3n) is 2.94. The first-order chi connectivity index (χ1) is 9.38. The van der Waals surface area contributed by atoms with Crippen molar-refractivity contribution in [3.05, 3.63) is 56.5 Å². The molecule has 1 amide bonds. The average molecular weight is 398 g/mol. The quantitative estimate of drug-likeness (QED) is 0.764. The van der Waals surface area contributed by atoms with Gasteiger partial charge in [-0.1, -0.05) is 31.9 Å². The fourth-order valence-corrected chi connectivity index (χ4v) is 2.98. The van der Waals surface area contributed by atoms with Gasteiger partial charge >= 0.3 is 0 Å². The number of hydrogen-bond acceptors (Lipinski definition) is 2. The minimum atomic E-state index is -0.0941. The predicted octanol–water partition coefficient (Wildman–Crippen LogP) is 4.38. The van der Waals surface area contributed by atoms with E-state index in [0.29, 0.717) is 16.9 Å². The second-order valence-electron chi connectivity index (χ2n) is 4.58. The molecule has 2 N–H and O–H groups in total. The number of nitrogens with two attached hydrogens (primary N) is 1. The van der Waals surface area contributed by atoms with E-state index < -0.39 is 0 Å². The smallest absolute Gasteiger partial charge is 0.258 e. The molecule has 0 aliphatic carbocycles. The number of benzene rings is 2.